The second kappa shape index (κ2) is 8.77. The SMILES string of the molecule is CCCOc1ccc(/C=C/C(=O)N(C)c2ccccc2)cc1OC. The summed E-state index contributed by atoms with van der Waals surface area (Å²) < 4.78 is 11.0. The zero-order valence-corrected chi connectivity index (χ0v) is 14.4. The standard InChI is InChI=1S/C20H23NO3/c1-4-14-24-18-12-10-16(15-19(18)23-3)11-13-20(22)21(2)17-8-6-5-7-9-17/h5-13,15H,4,14H2,1-3H3/b13-11+. The maximum absolute atomic E-state index is 12.3. The highest BCUT2D eigenvalue weighted by Crippen LogP contribution is 2.28. The van der Waals surface area contributed by atoms with Gasteiger partial charge >= 0.3 is 0 Å². The number of benzene rings is 2. The van der Waals surface area contributed by atoms with Crippen LogP contribution in [0.4, 0.5) is 5.69 Å². The summed E-state index contributed by atoms with van der Waals surface area (Å²) in [4.78, 5) is 13.9. The van der Waals surface area contributed by atoms with Crippen molar-refractivity contribution in [3.05, 3.63) is 60.2 Å². The van der Waals surface area contributed by atoms with Gasteiger partial charge in [0, 0.05) is 18.8 Å². The van der Waals surface area contributed by atoms with E-state index in [1.54, 1.807) is 31.2 Å². The van der Waals surface area contributed by atoms with Crippen molar-refractivity contribution in [2.24, 2.45) is 0 Å². The number of nitrogens with zero attached hydrogens (tertiary/aromatic N) is 1. The molecule has 2 aromatic rings. The molecular formula is C20H23NO3. The number of methoxy groups -OCH3 is 1. The molecule has 0 radical (unpaired) electrons. The summed E-state index contributed by atoms with van der Waals surface area (Å²) >= 11 is 0. The van der Waals surface area contributed by atoms with Crippen LogP contribution in [0.5, 0.6) is 11.5 Å². The first kappa shape index (κ1) is 17.6. The van der Waals surface area contributed by atoms with Gasteiger partial charge in [-0.05, 0) is 42.3 Å². The fraction of sp³-hybridized carbons (Fsp3) is 0.250. The molecule has 0 aliphatic carbocycles. The number of likely N-dealkylation sites (N-methyl/N-ethyl adjacent to an activating group) is 1. The lowest BCUT2D eigenvalue weighted by Gasteiger charge is -2.15. The Bertz CT molecular complexity index is 695. The number of carbonyl (C=O) groups excluding carboxylic acids is 1. The van der Waals surface area contributed by atoms with E-state index in [9.17, 15) is 4.79 Å². The van der Waals surface area contributed by atoms with Crippen LogP contribution in [0.1, 0.15) is 18.9 Å². The molecule has 0 fully saturated rings. The third-order valence-corrected chi connectivity index (χ3v) is 3.54. The van der Waals surface area contributed by atoms with Crippen LogP contribution in [-0.4, -0.2) is 26.7 Å². The van der Waals surface area contributed by atoms with Crippen LogP contribution in [-0.2, 0) is 4.79 Å². The maximum atomic E-state index is 12.3. The molecule has 0 aromatic heterocycles. The normalized spacial score (nSPS) is 10.6. The maximum Gasteiger partial charge on any atom is 0.250 e. The van der Waals surface area contributed by atoms with Crippen LogP contribution < -0.4 is 14.4 Å². The quantitative estimate of drug-likeness (QED) is 0.718. The molecule has 0 N–H and O–H groups in total. The summed E-state index contributed by atoms with van der Waals surface area (Å²) in [5.74, 6) is 1.28. The van der Waals surface area contributed by atoms with Gasteiger partial charge in [-0.25, -0.2) is 0 Å². The van der Waals surface area contributed by atoms with Gasteiger partial charge in [0.15, 0.2) is 11.5 Å². The summed E-state index contributed by atoms with van der Waals surface area (Å²) in [5.41, 5.74) is 1.73. The van der Waals surface area contributed by atoms with Crippen LogP contribution in [0.25, 0.3) is 6.08 Å². The first-order chi connectivity index (χ1) is 11.7. The molecule has 0 saturated heterocycles. The second-order valence-corrected chi connectivity index (χ2v) is 5.32. The number of anilines is 1. The second-order valence-electron chi connectivity index (χ2n) is 5.32. The molecule has 0 bridgehead atoms. The van der Waals surface area contributed by atoms with Crippen molar-refractivity contribution in [3.8, 4) is 11.5 Å². The molecule has 0 saturated carbocycles. The minimum absolute atomic E-state index is 0.0912. The molecule has 2 rings (SSSR count). The van der Waals surface area contributed by atoms with Gasteiger partial charge in [0.25, 0.3) is 5.91 Å². The summed E-state index contributed by atoms with van der Waals surface area (Å²) in [6.07, 6.45) is 4.26. The number of ether oxygens (including phenoxy) is 2. The van der Waals surface area contributed by atoms with Crippen LogP contribution >= 0.6 is 0 Å². The lowest BCUT2D eigenvalue weighted by atomic mass is 10.2. The number of para-hydroxylation sites is 1. The van der Waals surface area contributed by atoms with Crippen LogP contribution in [0, 0.1) is 0 Å². The van der Waals surface area contributed by atoms with Gasteiger partial charge in [-0.2, -0.15) is 0 Å². The smallest absolute Gasteiger partial charge is 0.250 e. The molecule has 0 aliphatic heterocycles. The third kappa shape index (κ3) is 4.62. The van der Waals surface area contributed by atoms with Crippen molar-refractivity contribution in [1.82, 2.24) is 0 Å². The van der Waals surface area contributed by atoms with Gasteiger partial charge in [0.2, 0.25) is 0 Å². The highest BCUT2D eigenvalue weighted by atomic mass is 16.5. The molecule has 1 amide bonds. The summed E-state index contributed by atoms with van der Waals surface area (Å²) in [6, 6.07) is 15.2. The molecule has 0 spiro atoms. The van der Waals surface area contributed by atoms with Crippen molar-refractivity contribution in [1.29, 1.82) is 0 Å². The minimum atomic E-state index is -0.0912. The Kier molecular flexibility index (Phi) is 6.43. The van der Waals surface area contributed by atoms with Crippen molar-refractivity contribution < 1.29 is 14.3 Å². The number of hydrogen-bond acceptors (Lipinski definition) is 3. The Labute approximate surface area is 143 Å². The van der Waals surface area contributed by atoms with Crippen LogP contribution in [0.3, 0.4) is 0 Å². The van der Waals surface area contributed by atoms with E-state index < -0.39 is 0 Å². The molecule has 0 atom stereocenters. The van der Waals surface area contributed by atoms with Crippen molar-refractivity contribution in [2.45, 2.75) is 13.3 Å². The fourth-order valence-electron chi connectivity index (χ4n) is 2.18. The van der Waals surface area contributed by atoms with E-state index in [1.165, 1.54) is 0 Å². The van der Waals surface area contributed by atoms with E-state index >= 15 is 0 Å². The van der Waals surface area contributed by atoms with E-state index in [2.05, 4.69) is 6.92 Å². The van der Waals surface area contributed by atoms with E-state index in [0.29, 0.717) is 18.1 Å². The van der Waals surface area contributed by atoms with E-state index in [4.69, 9.17) is 9.47 Å². The Morgan fingerprint density at radius 1 is 1.12 bits per heavy atom. The predicted molar refractivity (Wildman–Crippen MR) is 97.7 cm³/mol. The molecule has 0 aliphatic rings. The number of carbonyl (C=O) groups is 1. The number of hydrogen-bond donors (Lipinski definition) is 0. The predicted octanol–water partition coefficient (Wildman–Crippen LogP) is 4.16. The largest absolute Gasteiger partial charge is 0.493 e. The van der Waals surface area contributed by atoms with Gasteiger partial charge in [-0.1, -0.05) is 31.2 Å². The van der Waals surface area contributed by atoms with E-state index in [-0.39, 0.29) is 5.91 Å². The number of rotatable bonds is 7. The van der Waals surface area contributed by atoms with Crippen molar-refractivity contribution >= 4 is 17.7 Å². The molecule has 4 heteroatoms. The zero-order valence-electron chi connectivity index (χ0n) is 14.4. The molecule has 0 unspecified atom stereocenters. The van der Waals surface area contributed by atoms with E-state index in [1.807, 2.05) is 48.5 Å². The first-order valence-corrected chi connectivity index (χ1v) is 7.97. The van der Waals surface area contributed by atoms with Crippen molar-refractivity contribution in [3.63, 3.8) is 0 Å². The molecule has 2 aromatic carbocycles. The third-order valence-electron chi connectivity index (χ3n) is 3.54. The summed E-state index contributed by atoms with van der Waals surface area (Å²) in [7, 11) is 3.36. The van der Waals surface area contributed by atoms with E-state index in [0.717, 1.165) is 17.7 Å². The van der Waals surface area contributed by atoms with Crippen LogP contribution in [0.2, 0.25) is 0 Å². The van der Waals surface area contributed by atoms with Crippen LogP contribution in [0.15, 0.2) is 54.6 Å². The monoisotopic (exact) mass is 325 g/mol. The van der Waals surface area contributed by atoms with Gasteiger partial charge in [0.1, 0.15) is 0 Å². The zero-order chi connectivity index (χ0) is 17.4. The summed E-state index contributed by atoms with van der Waals surface area (Å²) in [5, 5.41) is 0. The average Bonchev–Trinajstić information content (AvgIpc) is 2.64. The lowest BCUT2D eigenvalue weighted by molar-refractivity contribution is -0.113. The Morgan fingerprint density at radius 2 is 1.88 bits per heavy atom. The Hall–Kier alpha value is -2.75. The van der Waals surface area contributed by atoms with Gasteiger partial charge < -0.3 is 14.4 Å². The Morgan fingerprint density at radius 3 is 2.54 bits per heavy atom. The first-order valence-electron chi connectivity index (χ1n) is 7.97. The highest BCUT2D eigenvalue weighted by Gasteiger charge is 2.08. The topological polar surface area (TPSA) is 38.8 Å². The van der Waals surface area contributed by atoms with Crippen molar-refractivity contribution in [2.75, 3.05) is 25.7 Å². The fourth-order valence-corrected chi connectivity index (χ4v) is 2.18. The average molecular weight is 325 g/mol. The molecule has 126 valence electrons. The molecular weight excluding hydrogens is 302 g/mol. The lowest BCUT2D eigenvalue weighted by Crippen LogP contribution is -2.23. The van der Waals surface area contributed by atoms with Gasteiger partial charge in [-0.3, -0.25) is 4.79 Å². The summed E-state index contributed by atoms with van der Waals surface area (Å²) in [6.45, 7) is 2.70. The highest BCUT2D eigenvalue weighted by molar-refractivity contribution is 6.03. The molecule has 4 nitrogen and oxygen atoms in total. The van der Waals surface area contributed by atoms with Gasteiger partial charge in [0.05, 0.1) is 13.7 Å². The molecule has 0 heterocycles. The number of amides is 1. The molecule has 24 heavy (non-hydrogen) atoms. The minimum Gasteiger partial charge on any atom is -0.493 e. The Balaban J connectivity index is 2.09. The van der Waals surface area contributed by atoms with Gasteiger partial charge in [-0.15, -0.1) is 0 Å².